The van der Waals surface area contributed by atoms with E-state index in [9.17, 15) is 4.21 Å². The van der Waals surface area contributed by atoms with Crippen LogP contribution in [-0.2, 0) is 11.0 Å². The average Bonchev–Trinajstić information content (AvgIpc) is 2.69. The first-order valence-electron chi connectivity index (χ1n) is 9.41. The summed E-state index contributed by atoms with van der Waals surface area (Å²) in [5.41, 5.74) is 13.4. The van der Waals surface area contributed by atoms with Crippen molar-refractivity contribution >= 4 is 28.4 Å². The predicted octanol–water partition coefficient (Wildman–Crippen LogP) is 1.98. The van der Waals surface area contributed by atoms with Gasteiger partial charge in [0.2, 0.25) is 5.95 Å². The fourth-order valence-corrected chi connectivity index (χ4v) is 3.97. The lowest BCUT2D eigenvalue weighted by Crippen LogP contribution is -2.46. The fourth-order valence-electron chi connectivity index (χ4n) is 3.30. The fraction of sp³-hybridized carbons (Fsp3) is 0.474. The highest BCUT2D eigenvalue weighted by Gasteiger charge is 2.24. The van der Waals surface area contributed by atoms with Crippen LogP contribution < -0.4 is 25.8 Å². The van der Waals surface area contributed by atoms with Crippen molar-refractivity contribution in [2.75, 3.05) is 55.9 Å². The number of nitrogens with zero attached hydrogens (tertiary/aromatic N) is 4. The summed E-state index contributed by atoms with van der Waals surface area (Å²) in [6.45, 7) is 7.08. The number of ether oxygens (including phenoxy) is 2. The lowest BCUT2D eigenvalue weighted by Gasteiger charge is -2.35. The third-order valence-corrected chi connectivity index (χ3v) is 5.99. The SMILES string of the molecule is COc1cc(C(C)C)c(Oc2cnc(N)nc2N)cc1N1CCN(S(C)=O)CC1. The van der Waals surface area contributed by atoms with E-state index in [0.717, 1.165) is 30.1 Å². The Labute approximate surface area is 173 Å². The first kappa shape index (κ1) is 21.1. The number of methoxy groups -OCH3 is 1. The highest BCUT2D eigenvalue weighted by atomic mass is 32.2. The number of benzene rings is 1. The van der Waals surface area contributed by atoms with Crippen LogP contribution in [0.3, 0.4) is 0 Å². The molecule has 0 spiro atoms. The van der Waals surface area contributed by atoms with E-state index >= 15 is 0 Å². The Morgan fingerprint density at radius 3 is 2.34 bits per heavy atom. The van der Waals surface area contributed by atoms with Crippen LogP contribution in [0.25, 0.3) is 0 Å². The zero-order chi connectivity index (χ0) is 21.1. The second-order valence-electron chi connectivity index (χ2n) is 7.14. The molecule has 9 nitrogen and oxygen atoms in total. The minimum atomic E-state index is -0.963. The van der Waals surface area contributed by atoms with Crippen LogP contribution in [0.1, 0.15) is 25.3 Å². The molecular weight excluding hydrogens is 392 g/mol. The lowest BCUT2D eigenvalue weighted by atomic mass is 10.0. The van der Waals surface area contributed by atoms with Crippen LogP contribution in [-0.4, -0.2) is 58.0 Å². The number of nitrogens with two attached hydrogens (primary N) is 2. The topological polar surface area (TPSA) is 120 Å². The van der Waals surface area contributed by atoms with Crippen LogP contribution in [0, 0.1) is 0 Å². The van der Waals surface area contributed by atoms with Gasteiger partial charge in [-0.25, -0.2) is 13.5 Å². The summed E-state index contributed by atoms with van der Waals surface area (Å²) in [4.78, 5) is 10.1. The van der Waals surface area contributed by atoms with E-state index in [1.54, 1.807) is 13.4 Å². The van der Waals surface area contributed by atoms with Gasteiger partial charge in [-0.05, 0) is 12.0 Å². The van der Waals surface area contributed by atoms with Crippen molar-refractivity contribution in [1.29, 1.82) is 0 Å². The van der Waals surface area contributed by atoms with E-state index in [4.69, 9.17) is 20.9 Å². The maximum atomic E-state index is 11.7. The van der Waals surface area contributed by atoms with Gasteiger partial charge in [-0.2, -0.15) is 4.98 Å². The molecule has 0 saturated carbocycles. The maximum absolute atomic E-state index is 11.7. The molecule has 0 aliphatic carbocycles. The zero-order valence-corrected chi connectivity index (χ0v) is 18.0. The van der Waals surface area contributed by atoms with Gasteiger partial charge >= 0.3 is 0 Å². The minimum Gasteiger partial charge on any atom is -0.495 e. The molecule has 29 heavy (non-hydrogen) atoms. The molecule has 1 aromatic carbocycles. The van der Waals surface area contributed by atoms with Crippen molar-refractivity contribution in [1.82, 2.24) is 14.3 Å². The van der Waals surface area contributed by atoms with Crippen molar-refractivity contribution in [3.05, 3.63) is 23.9 Å². The summed E-state index contributed by atoms with van der Waals surface area (Å²) in [5.74, 6) is 2.27. The van der Waals surface area contributed by atoms with E-state index in [-0.39, 0.29) is 17.7 Å². The molecule has 3 rings (SSSR count). The minimum absolute atomic E-state index is 0.0977. The molecule has 4 N–H and O–H groups in total. The second-order valence-corrected chi connectivity index (χ2v) is 8.50. The first-order valence-corrected chi connectivity index (χ1v) is 10.9. The average molecular weight is 421 g/mol. The van der Waals surface area contributed by atoms with Gasteiger partial charge in [0.1, 0.15) is 11.5 Å². The normalized spacial score (nSPS) is 16.1. The number of aromatic nitrogens is 2. The zero-order valence-electron chi connectivity index (χ0n) is 17.2. The predicted molar refractivity (Wildman–Crippen MR) is 116 cm³/mol. The van der Waals surface area contributed by atoms with Crippen LogP contribution >= 0.6 is 0 Å². The van der Waals surface area contributed by atoms with Gasteiger partial charge in [0, 0.05) is 44.1 Å². The Bertz CT molecular complexity index is 900. The first-order chi connectivity index (χ1) is 13.8. The van der Waals surface area contributed by atoms with Crippen molar-refractivity contribution < 1.29 is 13.7 Å². The molecule has 0 bridgehead atoms. The smallest absolute Gasteiger partial charge is 0.222 e. The number of anilines is 3. The van der Waals surface area contributed by atoms with Gasteiger partial charge in [0.05, 0.1) is 30.0 Å². The summed E-state index contributed by atoms with van der Waals surface area (Å²) in [6.07, 6.45) is 3.18. The third kappa shape index (κ3) is 4.70. The second kappa shape index (κ2) is 8.83. The molecule has 1 aliphatic rings. The molecule has 10 heteroatoms. The molecule has 2 aromatic rings. The van der Waals surface area contributed by atoms with E-state index in [0.29, 0.717) is 24.6 Å². The monoisotopic (exact) mass is 420 g/mol. The van der Waals surface area contributed by atoms with Crippen molar-refractivity contribution in [3.8, 4) is 17.2 Å². The highest BCUT2D eigenvalue weighted by molar-refractivity contribution is 7.81. The van der Waals surface area contributed by atoms with Crippen molar-refractivity contribution in [3.63, 3.8) is 0 Å². The van der Waals surface area contributed by atoms with Crippen molar-refractivity contribution in [2.45, 2.75) is 19.8 Å². The number of hydrogen-bond acceptors (Lipinski definition) is 8. The summed E-state index contributed by atoms with van der Waals surface area (Å²) >= 11 is 0. The summed E-state index contributed by atoms with van der Waals surface area (Å²) in [5, 5.41) is 0. The van der Waals surface area contributed by atoms with Gasteiger partial charge in [-0.3, -0.25) is 0 Å². The molecule has 158 valence electrons. The number of nitrogen functional groups attached to an aromatic ring is 2. The Hall–Kier alpha value is -2.59. The van der Waals surface area contributed by atoms with Crippen LogP contribution in [0.15, 0.2) is 18.3 Å². The van der Waals surface area contributed by atoms with E-state index in [2.05, 4.69) is 28.7 Å². The summed E-state index contributed by atoms with van der Waals surface area (Å²) in [6, 6.07) is 3.95. The molecule has 2 heterocycles. The number of hydrogen-bond donors (Lipinski definition) is 2. The van der Waals surface area contributed by atoms with Gasteiger partial charge in [-0.1, -0.05) is 13.8 Å². The Morgan fingerprint density at radius 1 is 1.10 bits per heavy atom. The molecule has 1 aromatic heterocycles. The molecule has 0 radical (unpaired) electrons. The molecular formula is C19H28N6O3S. The van der Waals surface area contributed by atoms with E-state index in [1.807, 2.05) is 16.4 Å². The Kier molecular flexibility index (Phi) is 6.43. The van der Waals surface area contributed by atoms with Crippen LogP contribution in [0.4, 0.5) is 17.5 Å². The molecule has 1 aliphatic heterocycles. The molecule has 1 saturated heterocycles. The van der Waals surface area contributed by atoms with Gasteiger partial charge in [0.25, 0.3) is 0 Å². The lowest BCUT2D eigenvalue weighted by molar-refractivity contribution is 0.393. The van der Waals surface area contributed by atoms with Gasteiger partial charge in [0.15, 0.2) is 11.6 Å². The van der Waals surface area contributed by atoms with Crippen LogP contribution in [0.2, 0.25) is 0 Å². The summed E-state index contributed by atoms with van der Waals surface area (Å²) < 4.78 is 25.5. The molecule has 1 atom stereocenters. The van der Waals surface area contributed by atoms with Crippen LogP contribution in [0.5, 0.6) is 17.2 Å². The largest absolute Gasteiger partial charge is 0.495 e. The Morgan fingerprint density at radius 2 is 1.79 bits per heavy atom. The molecule has 0 amide bonds. The highest BCUT2D eigenvalue weighted by Crippen LogP contribution is 2.41. The summed E-state index contributed by atoms with van der Waals surface area (Å²) in [7, 11) is 0.696. The van der Waals surface area contributed by atoms with Gasteiger partial charge in [-0.15, -0.1) is 0 Å². The molecule has 1 fully saturated rings. The standard InChI is InChI=1S/C19H28N6O3S/c1-12(2)13-9-16(27-3)14(24-5-7-25(8-6-24)29(4)26)10-15(13)28-17-11-22-19(21)23-18(17)20/h9-12H,5-8H2,1-4H3,(H4,20,21,22,23). The quantitative estimate of drug-likeness (QED) is 0.728. The third-order valence-electron chi connectivity index (χ3n) is 4.90. The number of piperazine rings is 1. The maximum Gasteiger partial charge on any atom is 0.222 e. The Balaban J connectivity index is 1.97. The number of rotatable bonds is 6. The van der Waals surface area contributed by atoms with E-state index < -0.39 is 11.0 Å². The van der Waals surface area contributed by atoms with Crippen molar-refractivity contribution in [2.24, 2.45) is 0 Å². The molecule has 1 unspecified atom stereocenters. The van der Waals surface area contributed by atoms with E-state index in [1.165, 1.54) is 6.20 Å². The van der Waals surface area contributed by atoms with Gasteiger partial charge < -0.3 is 25.8 Å².